The van der Waals surface area contributed by atoms with Crippen LogP contribution in [0.1, 0.15) is 44.6 Å². The normalized spacial score (nSPS) is 16.2. The third-order valence-corrected chi connectivity index (χ3v) is 7.94. The first-order valence-corrected chi connectivity index (χ1v) is 12.6. The smallest absolute Gasteiger partial charge is 0.186 e. The molecule has 1 fully saturated rings. The van der Waals surface area contributed by atoms with Gasteiger partial charge in [-0.3, -0.25) is 4.90 Å². The van der Waals surface area contributed by atoms with E-state index in [2.05, 4.69) is 76.4 Å². The SMILES string of the molecule is CCC(C)(C)n1nnnc1[C@H](c1ccc(OC)cc1)N1CCN(c2nc3ccccc3s2)CC1. The summed E-state index contributed by atoms with van der Waals surface area (Å²) in [7, 11) is 1.69. The zero-order chi connectivity index (χ0) is 23.7. The van der Waals surface area contributed by atoms with Gasteiger partial charge in [-0.25, -0.2) is 9.67 Å². The maximum absolute atomic E-state index is 5.40. The van der Waals surface area contributed by atoms with Crippen LogP contribution in [-0.4, -0.2) is 63.4 Å². The predicted molar refractivity (Wildman–Crippen MR) is 136 cm³/mol. The summed E-state index contributed by atoms with van der Waals surface area (Å²) in [6.07, 6.45) is 0.936. The minimum Gasteiger partial charge on any atom is -0.497 e. The standard InChI is InChI=1S/C25H31N7OS/c1-5-25(2,3)32-23(27-28-29-32)22(18-10-12-19(33-4)13-11-18)30-14-16-31(17-15-30)24-26-20-8-6-7-9-21(20)34-24/h6-13,22H,5,14-17H2,1-4H3/t22-/m0/s1. The van der Waals surface area contributed by atoms with Crippen LogP contribution in [0.5, 0.6) is 5.75 Å². The van der Waals surface area contributed by atoms with Crippen molar-refractivity contribution in [3.63, 3.8) is 0 Å². The molecular formula is C25H31N7OS. The van der Waals surface area contributed by atoms with Gasteiger partial charge < -0.3 is 9.64 Å². The van der Waals surface area contributed by atoms with Crippen LogP contribution < -0.4 is 9.64 Å². The number of tetrazole rings is 1. The Kier molecular flexibility index (Phi) is 6.22. The molecule has 0 aliphatic carbocycles. The van der Waals surface area contributed by atoms with Crippen LogP contribution in [-0.2, 0) is 5.54 Å². The maximum Gasteiger partial charge on any atom is 0.186 e. The third-order valence-electron chi connectivity index (χ3n) is 6.84. The van der Waals surface area contributed by atoms with Gasteiger partial charge in [0.05, 0.1) is 28.9 Å². The highest BCUT2D eigenvalue weighted by molar-refractivity contribution is 7.22. The fourth-order valence-electron chi connectivity index (χ4n) is 4.42. The van der Waals surface area contributed by atoms with E-state index >= 15 is 0 Å². The first kappa shape index (κ1) is 22.7. The number of thiazole rings is 1. The van der Waals surface area contributed by atoms with Gasteiger partial charge in [-0.15, -0.1) is 5.10 Å². The van der Waals surface area contributed by atoms with Crippen LogP contribution >= 0.6 is 11.3 Å². The Morgan fingerprint density at radius 2 is 1.76 bits per heavy atom. The number of anilines is 1. The fraction of sp³-hybridized carbons (Fsp3) is 0.440. The van der Waals surface area contributed by atoms with Gasteiger partial charge in [0.25, 0.3) is 0 Å². The highest BCUT2D eigenvalue weighted by Gasteiger charge is 2.34. The number of para-hydroxylation sites is 1. The number of rotatable bonds is 7. The summed E-state index contributed by atoms with van der Waals surface area (Å²) >= 11 is 1.77. The van der Waals surface area contributed by atoms with Crippen LogP contribution in [0.25, 0.3) is 10.2 Å². The Bertz CT molecular complexity index is 1210. The Morgan fingerprint density at radius 1 is 1.03 bits per heavy atom. The summed E-state index contributed by atoms with van der Waals surface area (Å²) in [5, 5.41) is 14.1. The second-order valence-electron chi connectivity index (χ2n) is 9.28. The largest absolute Gasteiger partial charge is 0.497 e. The number of fused-ring (bicyclic) bond motifs is 1. The molecule has 5 rings (SSSR count). The van der Waals surface area contributed by atoms with Crippen LogP contribution in [0.4, 0.5) is 5.13 Å². The minimum atomic E-state index is -0.174. The van der Waals surface area contributed by atoms with E-state index in [0.717, 1.165) is 60.4 Å². The molecule has 3 heterocycles. The highest BCUT2D eigenvalue weighted by atomic mass is 32.1. The van der Waals surface area contributed by atoms with Gasteiger partial charge in [-0.2, -0.15) is 0 Å². The van der Waals surface area contributed by atoms with Gasteiger partial charge in [0.15, 0.2) is 11.0 Å². The van der Waals surface area contributed by atoms with E-state index in [1.807, 2.05) is 22.9 Å². The molecular weight excluding hydrogens is 446 g/mol. The molecule has 1 atom stereocenters. The quantitative estimate of drug-likeness (QED) is 0.392. The molecule has 4 aromatic rings. The lowest BCUT2D eigenvalue weighted by molar-refractivity contribution is 0.187. The number of nitrogens with zero attached hydrogens (tertiary/aromatic N) is 7. The Balaban J connectivity index is 1.44. The second-order valence-corrected chi connectivity index (χ2v) is 10.3. The molecule has 1 saturated heterocycles. The van der Waals surface area contributed by atoms with Crippen LogP contribution in [0.2, 0.25) is 0 Å². The van der Waals surface area contributed by atoms with E-state index in [-0.39, 0.29) is 11.6 Å². The Morgan fingerprint density at radius 3 is 2.44 bits per heavy atom. The lowest BCUT2D eigenvalue weighted by Crippen LogP contribution is -2.48. The zero-order valence-corrected chi connectivity index (χ0v) is 21.0. The molecule has 2 aromatic carbocycles. The highest BCUT2D eigenvalue weighted by Crippen LogP contribution is 2.34. The molecule has 0 amide bonds. The van der Waals surface area contributed by atoms with Crippen molar-refractivity contribution in [3.05, 3.63) is 59.9 Å². The third kappa shape index (κ3) is 4.25. The number of hydrogen-bond donors (Lipinski definition) is 0. The zero-order valence-electron chi connectivity index (χ0n) is 20.2. The topological polar surface area (TPSA) is 72.2 Å². The molecule has 34 heavy (non-hydrogen) atoms. The molecule has 2 aromatic heterocycles. The lowest BCUT2D eigenvalue weighted by atomic mass is 9.99. The molecule has 0 spiro atoms. The van der Waals surface area contributed by atoms with E-state index in [0.29, 0.717) is 0 Å². The van der Waals surface area contributed by atoms with Crippen molar-refractivity contribution in [2.75, 3.05) is 38.2 Å². The van der Waals surface area contributed by atoms with Crippen molar-refractivity contribution >= 4 is 26.7 Å². The second kappa shape index (κ2) is 9.31. The van der Waals surface area contributed by atoms with Crippen LogP contribution in [0, 0.1) is 0 Å². The fourth-order valence-corrected chi connectivity index (χ4v) is 5.44. The first-order chi connectivity index (χ1) is 16.5. The number of benzene rings is 2. The summed E-state index contributed by atoms with van der Waals surface area (Å²) in [5.41, 5.74) is 2.06. The van der Waals surface area contributed by atoms with E-state index < -0.39 is 0 Å². The van der Waals surface area contributed by atoms with E-state index in [9.17, 15) is 0 Å². The van der Waals surface area contributed by atoms with Gasteiger partial charge in [0, 0.05) is 26.2 Å². The number of aromatic nitrogens is 5. The molecule has 1 aliphatic heterocycles. The Hall–Kier alpha value is -3.04. The van der Waals surface area contributed by atoms with Gasteiger partial charge >= 0.3 is 0 Å². The van der Waals surface area contributed by atoms with Crippen molar-refractivity contribution in [3.8, 4) is 5.75 Å². The number of ether oxygens (including phenoxy) is 1. The average molecular weight is 478 g/mol. The monoisotopic (exact) mass is 477 g/mol. The van der Waals surface area contributed by atoms with Crippen molar-refractivity contribution in [2.45, 2.75) is 38.8 Å². The summed E-state index contributed by atoms with van der Waals surface area (Å²) < 4.78 is 8.63. The number of piperazine rings is 1. The molecule has 0 N–H and O–H groups in total. The van der Waals surface area contributed by atoms with Crippen LogP contribution in [0.3, 0.4) is 0 Å². The van der Waals surface area contributed by atoms with E-state index in [1.54, 1.807) is 18.4 Å². The Labute approximate surface area is 204 Å². The van der Waals surface area contributed by atoms with Crippen molar-refractivity contribution < 1.29 is 4.74 Å². The molecule has 1 aliphatic rings. The molecule has 9 heteroatoms. The van der Waals surface area contributed by atoms with E-state index in [4.69, 9.17) is 9.72 Å². The molecule has 0 unspecified atom stereocenters. The van der Waals surface area contributed by atoms with Crippen molar-refractivity contribution in [1.29, 1.82) is 0 Å². The average Bonchev–Trinajstić information content (AvgIpc) is 3.53. The summed E-state index contributed by atoms with van der Waals surface area (Å²) in [6.45, 7) is 10.1. The predicted octanol–water partition coefficient (Wildman–Crippen LogP) is 4.35. The molecule has 0 radical (unpaired) electrons. The number of hydrogen-bond acceptors (Lipinski definition) is 8. The summed E-state index contributed by atoms with van der Waals surface area (Å²) in [6, 6.07) is 16.6. The van der Waals surface area contributed by atoms with Crippen molar-refractivity contribution in [2.24, 2.45) is 0 Å². The van der Waals surface area contributed by atoms with E-state index in [1.165, 1.54) is 4.70 Å². The molecule has 0 bridgehead atoms. The minimum absolute atomic E-state index is 0.0377. The van der Waals surface area contributed by atoms with Crippen LogP contribution in [0.15, 0.2) is 48.5 Å². The van der Waals surface area contributed by atoms with Gasteiger partial charge in [-0.05, 0) is 60.5 Å². The summed E-state index contributed by atoms with van der Waals surface area (Å²) in [5.74, 6) is 1.72. The first-order valence-electron chi connectivity index (χ1n) is 11.8. The lowest BCUT2D eigenvalue weighted by Gasteiger charge is -2.39. The van der Waals surface area contributed by atoms with Crippen molar-refractivity contribution in [1.82, 2.24) is 30.1 Å². The number of methoxy groups -OCH3 is 1. The maximum atomic E-state index is 5.40. The molecule has 0 saturated carbocycles. The van der Waals surface area contributed by atoms with Gasteiger partial charge in [-0.1, -0.05) is 42.5 Å². The van der Waals surface area contributed by atoms with Gasteiger partial charge in [0.1, 0.15) is 5.75 Å². The molecule has 8 nitrogen and oxygen atoms in total. The summed E-state index contributed by atoms with van der Waals surface area (Å²) in [4.78, 5) is 9.75. The van der Waals surface area contributed by atoms with Gasteiger partial charge in [0.2, 0.25) is 0 Å². The molecule has 178 valence electrons.